The third kappa shape index (κ3) is 1.80. The number of ether oxygens (including phenoxy) is 2. The van der Waals surface area contributed by atoms with Crippen LogP contribution in [0.3, 0.4) is 0 Å². The molecule has 134 valence electrons. The van der Waals surface area contributed by atoms with E-state index in [9.17, 15) is 0 Å². The van der Waals surface area contributed by atoms with Gasteiger partial charge in [0.1, 0.15) is 5.75 Å². The van der Waals surface area contributed by atoms with Gasteiger partial charge < -0.3 is 9.47 Å². The zero-order valence-electron chi connectivity index (χ0n) is 15.1. The van der Waals surface area contributed by atoms with Gasteiger partial charge in [-0.05, 0) is 30.4 Å². The monoisotopic (exact) mass is 347 g/mol. The fraction of sp³-hybridized carbons (Fsp3) is 0.478. The van der Waals surface area contributed by atoms with Gasteiger partial charge in [0.25, 0.3) is 0 Å². The van der Waals surface area contributed by atoms with Crippen LogP contribution in [0.1, 0.15) is 49.1 Å². The normalized spacial score (nSPS) is 38.0. The smallest absolute Gasteiger partial charge is 0.169 e. The van der Waals surface area contributed by atoms with E-state index >= 15 is 0 Å². The van der Waals surface area contributed by atoms with Gasteiger partial charge in [0.2, 0.25) is 0 Å². The Morgan fingerprint density at radius 2 is 1.81 bits per heavy atom. The molecule has 4 atom stereocenters. The van der Waals surface area contributed by atoms with E-state index in [-0.39, 0.29) is 11.4 Å². The van der Waals surface area contributed by atoms with Crippen molar-refractivity contribution in [3.8, 4) is 5.75 Å². The van der Waals surface area contributed by atoms with Gasteiger partial charge in [0, 0.05) is 30.9 Å². The summed E-state index contributed by atoms with van der Waals surface area (Å²) in [7, 11) is 0. The molecule has 6 rings (SSSR count). The molecule has 4 aliphatic rings. The molecule has 3 fully saturated rings. The fourth-order valence-corrected chi connectivity index (χ4v) is 6.31. The highest BCUT2D eigenvalue weighted by atomic mass is 16.6. The van der Waals surface area contributed by atoms with E-state index in [1.807, 2.05) is 0 Å². The van der Waals surface area contributed by atoms with E-state index in [1.54, 1.807) is 0 Å². The summed E-state index contributed by atoms with van der Waals surface area (Å²) < 4.78 is 13.5. The molecule has 1 aliphatic carbocycles. The molecule has 3 nitrogen and oxygen atoms in total. The van der Waals surface area contributed by atoms with Crippen molar-refractivity contribution in [1.29, 1.82) is 0 Å². The molecule has 1 spiro atoms. The van der Waals surface area contributed by atoms with E-state index in [0.29, 0.717) is 11.8 Å². The van der Waals surface area contributed by atoms with Crippen molar-refractivity contribution < 1.29 is 9.47 Å². The summed E-state index contributed by atoms with van der Waals surface area (Å²) in [4.78, 5) is 2.60. The molecule has 0 radical (unpaired) electrons. The maximum atomic E-state index is 6.90. The Morgan fingerprint density at radius 3 is 2.73 bits per heavy atom. The average molecular weight is 347 g/mol. The maximum Gasteiger partial charge on any atom is 0.169 e. The summed E-state index contributed by atoms with van der Waals surface area (Å²) >= 11 is 0. The Morgan fingerprint density at radius 1 is 0.962 bits per heavy atom. The summed E-state index contributed by atoms with van der Waals surface area (Å²) in [5, 5.41) is 0. The van der Waals surface area contributed by atoms with Gasteiger partial charge in [-0.1, -0.05) is 55.0 Å². The highest BCUT2D eigenvalue weighted by Crippen LogP contribution is 2.64. The number of piperidine rings is 1. The summed E-state index contributed by atoms with van der Waals surface area (Å²) in [5.74, 6) is 2.06. The van der Waals surface area contributed by atoms with Crippen molar-refractivity contribution in [2.45, 2.75) is 49.5 Å². The second-order valence-corrected chi connectivity index (χ2v) is 8.30. The molecule has 2 bridgehead atoms. The molecular weight excluding hydrogens is 322 g/mol. The number of para-hydroxylation sites is 1. The van der Waals surface area contributed by atoms with Crippen LogP contribution in [0.2, 0.25) is 0 Å². The first-order chi connectivity index (χ1) is 12.8. The molecule has 2 aromatic carbocycles. The van der Waals surface area contributed by atoms with E-state index in [4.69, 9.17) is 9.47 Å². The molecule has 1 saturated carbocycles. The molecule has 0 unspecified atom stereocenters. The first kappa shape index (κ1) is 15.2. The maximum absolute atomic E-state index is 6.90. The SMILES string of the molecule is c1ccc([C@H]2C[C@@]34OCCN3[C@@]3(CCCC[C@@H]23)Oc2ccccc24)cc1. The van der Waals surface area contributed by atoms with E-state index in [2.05, 4.69) is 59.5 Å². The lowest BCUT2D eigenvalue weighted by Crippen LogP contribution is -2.71. The summed E-state index contributed by atoms with van der Waals surface area (Å²) in [6, 6.07) is 19.7. The van der Waals surface area contributed by atoms with Crippen LogP contribution >= 0.6 is 0 Å². The number of hydrogen-bond acceptors (Lipinski definition) is 3. The highest BCUT2D eigenvalue weighted by Gasteiger charge is 2.67. The van der Waals surface area contributed by atoms with Gasteiger partial charge >= 0.3 is 0 Å². The van der Waals surface area contributed by atoms with E-state index in [1.165, 1.54) is 30.4 Å². The van der Waals surface area contributed by atoms with Gasteiger partial charge in [-0.25, -0.2) is 4.90 Å². The van der Waals surface area contributed by atoms with Crippen molar-refractivity contribution in [1.82, 2.24) is 4.90 Å². The minimum absolute atomic E-state index is 0.206. The standard InChI is InChI=1S/C23H25NO2/c1-2-8-17(9-3-1)18-16-23-20-11-4-5-12-21(20)26-22(24(23)14-15-25-23)13-7-6-10-19(18)22/h1-5,8-9,11-12,18-19H,6-7,10,13-16H2/t18-,19+,22+,23+/m1/s1. The Labute approximate surface area is 154 Å². The predicted octanol–water partition coefficient (Wildman–Crippen LogP) is 4.64. The van der Waals surface area contributed by atoms with Crippen LogP contribution in [0.15, 0.2) is 54.6 Å². The van der Waals surface area contributed by atoms with Crippen molar-refractivity contribution in [3.63, 3.8) is 0 Å². The highest BCUT2D eigenvalue weighted by molar-refractivity contribution is 5.44. The zero-order chi connectivity index (χ0) is 17.2. The number of benzene rings is 2. The molecular formula is C23H25NO2. The van der Waals surface area contributed by atoms with Crippen LogP contribution < -0.4 is 4.74 Å². The van der Waals surface area contributed by atoms with Crippen LogP contribution in [0.25, 0.3) is 0 Å². The van der Waals surface area contributed by atoms with Gasteiger partial charge in [-0.2, -0.15) is 0 Å². The minimum Gasteiger partial charge on any atom is -0.472 e. The van der Waals surface area contributed by atoms with Gasteiger partial charge in [0.15, 0.2) is 11.4 Å². The first-order valence-corrected chi connectivity index (χ1v) is 10.1. The van der Waals surface area contributed by atoms with Crippen molar-refractivity contribution in [2.24, 2.45) is 5.92 Å². The number of hydrogen-bond donors (Lipinski definition) is 0. The predicted molar refractivity (Wildman–Crippen MR) is 99.9 cm³/mol. The van der Waals surface area contributed by atoms with Crippen LogP contribution in [-0.2, 0) is 10.5 Å². The van der Waals surface area contributed by atoms with Gasteiger partial charge in [-0.3, -0.25) is 0 Å². The van der Waals surface area contributed by atoms with Crippen LogP contribution in [0.4, 0.5) is 0 Å². The largest absolute Gasteiger partial charge is 0.472 e. The Kier molecular flexibility index (Phi) is 3.13. The lowest BCUT2D eigenvalue weighted by molar-refractivity contribution is -0.281. The second-order valence-electron chi connectivity index (χ2n) is 8.30. The lowest BCUT2D eigenvalue weighted by Gasteiger charge is -2.63. The minimum atomic E-state index is -0.316. The molecule has 3 heterocycles. The van der Waals surface area contributed by atoms with Crippen molar-refractivity contribution in [2.75, 3.05) is 13.2 Å². The Bertz CT molecular complexity index is 837. The first-order valence-electron chi connectivity index (χ1n) is 10.1. The molecule has 2 aromatic rings. The summed E-state index contributed by atoms with van der Waals surface area (Å²) in [6.07, 6.45) is 5.94. The Balaban J connectivity index is 1.59. The third-order valence-corrected chi connectivity index (χ3v) is 7.23. The topological polar surface area (TPSA) is 21.7 Å². The molecule has 0 aromatic heterocycles. The molecule has 26 heavy (non-hydrogen) atoms. The Hall–Kier alpha value is -1.84. The number of nitrogens with zero attached hydrogens (tertiary/aromatic N) is 1. The van der Waals surface area contributed by atoms with Gasteiger partial charge in [0.05, 0.1) is 6.61 Å². The van der Waals surface area contributed by atoms with Crippen LogP contribution in [0.5, 0.6) is 5.75 Å². The second kappa shape index (κ2) is 5.34. The van der Waals surface area contributed by atoms with Crippen molar-refractivity contribution in [3.05, 3.63) is 65.7 Å². The molecule has 0 N–H and O–H groups in total. The molecule has 2 saturated heterocycles. The van der Waals surface area contributed by atoms with Gasteiger partial charge in [-0.15, -0.1) is 0 Å². The fourth-order valence-electron chi connectivity index (χ4n) is 6.31. The number of rotatable bonds is 1. The van der Waals surface area contributed by atoms with E-state index in [0.717, 1.165) is 31.7 Å². The summed E-state index contributed by atoms with van der Waals surface area (Å²) in [5.41, 5.74) is 2.15. The summed E-state index contributed by atoms with van der Waals surface area (Å²) in [6.45, 7) is 1.78. The lowest BCUT2D eigenvalue weighted by atomic mass is 9.62. The molecule has 3 aliphatic heterocycles. The zero-order valence-corrected chi connectivity index (χ0v) is 15.1. The van der Waals surface area contributed by atoms with Crippen molar-refractivity contribution >= 4 is 0 Å². The average Bonchev–Trinajstić information content (AvgIpc) is 3.15. The molecule has 3 heteroatoms. The van der Waals surface area contributed by atoms with Crippen LogP contribution in [-0.4, -0.2) is 23.8 Å². The third-order valence-electron chi connectivity index (χ3n) is 7.23. The quantitative estimate of drug-likeness (QED) is 0.750. The number of fused-ring (bicyclic) bond motifs is 1. The van der Waals surface area contributed by atoms with E-state index < -0.39 is 0 Å². The van der Waals surface area contributed by atoms with Crippen LogP contribution in [0, 0.1) is 5.92 Å². The molecule has 0 amide bonds.